The molecule has 0 fully saturated rings. The van der Waals surface area contributed by atoms with Gasteiger partial charge in [-0.15, -0.1) is 0 Å². The third-order valence-corrected chi connectivity index (χ3v) is 2.35. The Morgan fingerprint density at radius 1 is 1.29 bits per heavy atom. The monoisotopic (exact) mass is 239 g/mol. The van der Waals surface area contributed by atoms with Crippen molar-refractivity contribution in [3.63, 3.8) is 0 Å². The lowest BCUT2D eigenvalue weighted by atomic mass is 10.0. The second-order valence-electron chi connectivity index (χ2n) is 3.78. The fourth-order valence-corrected chi connectivity index (χ4v) is 1.58. The maximum atomic E-state index is 10.5. The first-order chi connectivity index (χ1) is 8.05. The second-order valence-corrected chi connectivity index (χ2v) is 3.78. The Balaban J connectivity index is 2.79. The number of ether oxygens (including phenoxy) is 2. The van der Waals surface area contributed by atoms with Gasteiger partial charge >= 0.3 is 5.97 Å². The fourth-order valence-electron chi connectivity index (χ4n) is 1.58. The molecule has 1 rings (SSSR count). The Bertz CT molecular complexity index is 370. The van der Waals surface area contributed by atoms with Gasteiger partial charge in [0.1, 0.15) is 11.5 Å². The van der Waals surface area contributed by atoms with Gasteiger partial charge in [0, 0.05) is 12.1 Å². The molecule has 5 heteroatoms. The first-order valence-electron chi connectivity index (χ1n) is 5.24. The molecule has 0 aliphatic carbocycles. The van der Waals surface area contributed by atoms with E-state index in [4.69, 9.17) is 20.3 Å². The highest BCUT2D eigenvalue weighted by Gasteiger charge is 2.10. The van der Waals surface area contributed by atoms with Gasteiger partial charge in [0.05, 0.1) is 20.6 Å². The summed E-state index contributed by atoms with van der Waals surface area (Å²) < 4.78 is 10.2. The molecule has 1 atom stereocenters. The van der Waals surface area contributed by atoms with Crippen LogP contribution in [0.1, 0.15) is 12.0 Å². The van der Waals surface area contributed by atoms with Gasteiger partial charge in [0.25, 0.3) is 0 Å². The van der Waals surface area contributed by atoms with Crippen molar-refractivity contribution in [2.75, 3.05) is 14.2 Å². The molecular formula is C12H17NO4. The van der Waals surface area contributed by atoms with Crippen LogP contribution in [0.3, 0.4) is 0 Å². The van der Waals surface area contributed by atoms with Crippen LogP contribution in [0.25, 0.3) is 0 Å². The van der Waals surface area contributed by atoms with Gasteiger partial charge in [-0.3, -0.25) is 4.79 Å². The summed E-state index contributed by atoms with van der Waals surface area (Å²) in [6.07, 6.45) is 0.416. The van der Waals surface area contributed by atoms with E-state index in [1.54, 1.807) is 20.3 Å². The van der Waals surface area contributed by atoms with Crippen LogP contribution < -0.4 is 15.2 Å². The lowest BCUT2D eigenvalue weighted by molar-refractivity contribution is -0.137. The first kappa shape index (κ1) is 13.3. The number of aliphatic carboxylic acids is 1. The maximum absolute atomic E-state index is 10.5. The van der Waals surface area contributed by atoms with Crippen LogP contribution in [0.5, 0.6) is 11.5 Å². The van der Waals surface area contributed by atoms with Crippen molar-refractivity contribution in [3.05, 3.63) is 23.8 Å². The van der Waals surface area contributed by atoms with Crippen LogP contribution in [0.2, 0.25) is 0 Å². The standard InChI is InChI=1S/C12H17NO4/c1-16-10-4-8(5-11(7-10)17-2)3-9(13)6-12(14)15/h4-5,7,9H,3,6,13H2,1-2H3,(H,14,15). The molecule has 3 N–H and O–H groups in total. The van der Waals surface area contributed by atoms with E-state index in [2.05, 4.69) is 0 Å². The molecule has 0 saturated heterocycles. The smallest absolute Gasteiger partial charge is 0.304 e. The topological polar surface area (TPSA) is 81.8 Å². The molecular weight excluding hydrogens is 222 g/mol. The molecule has 1 unspecified atom stereocenters. The van der Waals surface area contributed by atoms with E-state index >= 15 is 0 Å². The Hall–Kier alpha value is -1.75. The first-order valence-corrected chi connectivity index (χ1v) is 5.24. The molecule has 1 aromatic carbocycles. The number of benzene rings is 1. The third-order valence-electron chi connectivity index (χ3n) is 2.35. The summed E-state index contributed by atoms with van der Waals surface area (Å²) in [5.41, 5.74) is 6.63. The zero-order valence-corrected chi connectivity index (χ0v) is 9.97. The molecule has 0 bridgehead atoms. The van der Waals surface area contributed by atoms with E-state index in [9.17, 15) is 4.79 Å². The minimum absolute atomic E-state index is 0.0560. The predicted molar refractivity (Wildman–Crippen MR) is 63.5 cm³/mol. The molecule has 0 amide bonds. The van der Waals surface area contributed by atoms with Gasteiger partial charge in [-0.2, -0.15) is 0 Å². The van der Waals surface area contributed by atoms with Crippen LogP contribution in [-0.2, 0) is 11.2 Å². The van der Waals surface area contributed by atoms with E-state index in [0.717, 1.165) is 5.56 Å². The maximum Gasteiger partial charge on any atom is 0.304 e. The van der Waals surface area contributed by atoms with Crippen molar-refractivity contribution in [2.24, 2.45) is 5.73 Å². The molecule has 94 valence electrons. The van der Waals surface area contributed by atoms with E-state index in [0.29, 0.717) is 17.9 Å². The summed E-state index contributed by atoms with van der Waals surface area (Å²) in [5, 5.41) is 8.63. The Labute approximate surface area is 100 Å². The number of carboxylic acid groups (broad SMARTS) is 1. The van der Waals surface area contributed by atoms with Crippen LogP contribution in [0.15, 0.2) is 18.2 Å². The number of carbonyl (C=O) groups is 1. The number of hydrogen-bond donors (Lipinski definition) is 2. The molecule has 0 saturated carbocycles. The number of rotatable bonds is 6. The van der Waals surface area contributed by atoms with E-state index in [1.807, 2.05) is 12.1 Å². The average Bonchev–Trinajstić information content (AvgIpc) is 2.27. The molecule has 0 aliphatic rings. The molecule has 0 aromatic heterocycles. The van der Waals surface area contributed by atoms with Crippen molar-refractivity contribution in [3.8, 4) is 11.5 Å². The summed E-state index contributed by atoms with van der Waals surface area (Å²) in [7, 11) is 3.13. The summed E-state index contributed by atoms with van der Waals surface area (Å²) in [4.78, 5) is 10.5. The molecule has 5 nitrogen and oxygen atoms in total. The minimum Gasteiger partial charge on any atom is -0.497 e. The average molecular weight is 239 g/mol. The number of nitrogens with two attached hydrogens (primary N) is 1. The lowest BCUT2D eigenvalue weighted by Crippen LogP contribution is -2.26. The Morgan fingerprint density at radius 3 is 2.24 bits per heavy atom. The van der Waals surface area contributed by atoms with Gasteiger partial charge in [-0.05, 0) is 24.1 Å². The molecule has 1 aromatic rings. The second kappa shape index (κ2) is 6.10. The molecule has 17 heavy (non-hydrogen) atoms. The minimum atomic E-state index is -0.896. The van der Waals surface area contributed by atoms with Crippen molar-refractivity contribution in [2.45, 2.75) is 18.9 Å². The Morgan fingerprint density at radius 2 is 1.82 bits per heavy atom. The summed E-state index contributed by atoms with van der Waals surface area (Å²) in [6, 6.07) is 4.99. The zero-order chi connectivity index (χ0) is 12.8. The quantitative estimate of drug-likeness (QED) is 0.775. The third kappa shape index (κ3) is 4.32. The van der Waals surface area contributed by atoms with Crippen LogP contribution in [0.4, 0.5) is 0 Å². The van der Waals surface area contributed by atoms with Crippen LogP contribution in [0, 0.1) is 0 Å². The fraction of sp³-hybridized carbons (Fsp3) is 0.417. The predicted octanol–water partition coefficient (Wildman–Crippen LogP) is 1.05. The molecule has 0 aliphatic heterocycles. The number of carboxylic acids is 1. The van der Waals surface area contributed by atoms with Crippen LogP contribution >= 0.6 is 0 Å². The van der Waals surface area contributed by atoms with E-state index < -0.39 is 12.0 Å². The number of methoxy groups -OCH3 is 2. The van der Waals surface area contributed by atoms with Crippen LogP contribution in [-0.4, -0.2) is 31.3 Å². The molecule has 0 heterocycles. The largest absolute Gasteiger partial charge is 0.497 e. The highest BCUT2D eigenvalue weighted by atomic mass is 16.5. The molecule has 0 radical (unpaired) electrons. The normalized spacial score (nSPS) is 11.9. The summed E-state index contributed by atoms with van der Waals surface area (Å²) in [6.45, 7) is 0. The molecule has 0 spiro atoms. The Kier molecular flexibility index (Phi) is 4.78. The summed E-state index contributed by atoms with van der Waals surface area (Å²) >= 11 is 0. The SMILES string of the molecule is COc1cc(CC(N)CC(=O)O)cc(OC)c1. The van der Waals surface area contributed by atoms with Gasteiger partial charge in [0.2, 0.25) is 0 Å². The van der Waals surface area contributed by atoms with Gasteiger partial charge in [-0.25, -0.2) is 0 Å². The van der Waals surface area contributed by atoms with E-state index in [1.165, 1.54) is 0 Å². The van der Waals surface area contributed by atoms with Gasteiger partial charge in [-0.1, -0.05) is 0 Å². The van der Waals surface area contributed by atoms with Crippen molar-refractivity contribution in [1.29, 1.82) is 0 Å². The van der Waals surface area contributed by atoms with Crippen molar-refractivity contribution in [1.82, 2.24) is 0 Å². The lowest BCUT2D eigenvalue weighted by Gasteiger charge is -2.11. The van der Waals surface area contributed by atoms with Crippen molar-refractivity contribution >= 4 is 5.97 Å². The summed E-state index contributed by atoms with van der Waals surface area (Å²) in [5.74, 6) is 0.441. The highest BCUT2D eigenvalue weighted by molar-refractivity contribution is 5.67. The van der Waals surface area contributed by atoms with Crippen molar-refractivity contribution < 1.29 is 19.4 Å². The zero-order valence-electron chi connectivity index (χ0n) is 9.97. The highest BCUT2D eigenvalue weighted by Crippen LogP contribution is 2.23. The van der Waals surface area contributed by atoms with Gasteiger partial charge < -0.3 is 20.3 Å². The number of hydrogen-bond acceptors (Lipinski definition) is 4. The van der Waals surface area contributed by atoms with Gasteiger partial charge in [0.15, 0.2) is 0 Å². The van der Waals surface area contributed by atoms with E-state index in [-0.39, 0.29) is 6.42 Å².